The summed E-state index contributed by atoms with van der Waals surface area (Å²) < 4.78 is 0. The van der Waals surface area contributed by atoms with Crippen molar-refractivity contribution in [2.75, 3.05) is 18.9 Å². The van der Waals surface area contributed by atoms with Crippen LogP contribution in [0.5, 0.6) is 0 Å². The summed E-state index contributed by atoms with van der Waals surface area (Å²) >= 11 is 0. The molecule has 20 heavy (non-hydrogen) atoms. The van der Waals surface area contributed by atoms with Crippen LogP contribution in [0.3, 0.4) is 0 Å². The minimum absolute atomic E-state index is 0.717. The normalized spacial score (nSPS) is 10.8. The van der Waals surface area contributed by atoms with Gasteiger partial charge in [0.15, 0.2) is 0 Å². The van der Waals surface area contributed by atoms with Gasteiger partial charge in [-0.15, -0.1) is 0 Å². The highest BCUT2D eigenvalue weighted by Crippen LogP contribution is 2.09. The highest BCUT2D eigenvalue weighted by Gasteiger charge is 2.06. The zero-order chi connectivity index (χ0) is 14.4. The second kappa shape index (κ2) is 6.96. The van der Waals surface area contributed by atoms with Crippen molar-refractivity contribution in [3.05, 3.63) is 47.7 Å². The van der Waals surface area contributed by atoms with Gasteiger partial charge in [0.2, 0.25) is 0 Å². The average molecular weight is 271 g/mol. The Morgan fingerprint density at radius 2 is 2.10 bits per heavy atom. The Balaban J connectivity index is 2.02. The molecule has 0 aromatic carbocycles. The zero-order valence-corrected chi connectivity index (χ0v) is 12.3. The van der Waals surface area contributed by atoms with E-state index in [1.165, 1.54) is 5.56 Å². The highest BCUT2D eigenvalue weighted by molar-refractivity contribution is 5.35. The van der Waals surface area contributed by atoms with Crippen LogP contribution < -0.4 is 5.32 Å². The molecular weight excluding hydrogens is 250 g/mol. The van der Waals surface area contributed by atoms with Gasteiger partial charge in [-0.2, -0.15) is 0 Å². The van der Waals surface area contributed by atoms with Crippen molar-refractivity contribution in [3.8, 4) is 0 Å². The van der Waals surface area contributed by atoms with Crippen LogP contribution in [0.15, 0.2) is 30.6 Å². The van der Waals surface area contributed by atoms with Crippen LogP contribution in [-0.2, 0) is 13.1 Å². The quantitative estimate of drug-likeness (QED) is 0.873. The molecule has 0 aliphatic rings. The van der Waals surface area contributed by atoms with Gasteiger partial charge >= 0.3 is 0 Å². The van der Waals surface area contributed by atoms with Crippen molar-refractivity contribution in [1.82, 2.24) is 19.9 Å². The number of anilines is 1. The van der Waals surface area contributed by atoms with E-state index in [-0.39, 0.29) is 0 Å². The number of hydrogen-bond acceptors (Lipinski definition) is 5. The van der Waals surface area contributed by atoms with E-state index in [1.807, 2.05) is 25.3 Å². The molecule has 2 heterocycles. The molecule has 1 N–H and O–H groups in total. The maximum absolute atomic E-state index is 4.53. The Labute approximate surface area is 120 Å². The molecule has 0 aliphatic carbocycles. The zero-order valence-electron chi connectivity index (χ0n) is 12.3. The summed E-state index contributed by atoms with van der Waals surface area (Å²) in [5.41, 5.74) is 2.18. The number of nitrogens with one attached hydrogen (secondary N) is 1. The Kier molecular flexibility index (Phi) is 5.01. The minimum Gasteiger partial charge on any atom is -0.370 e. The van der Waals surface area contributed by atoms with E-state index in [1.54, 1.807) is 6.20 Å². The first kappa shape index (κ1) is 14.4. The van der Waals surface area contributed by atoms with Gasteiger partial charge in [-0.1, -0.05) is 6.07 Å². The van der Waals surface area contributed by atoms with Crippen LogP contribution in [0.25, 0.3) is 0 Å². The first-order valence-electron chi connectivity index (χ1n) is 6.83. The molecule has 5 nitrogen and oxygen atoms in total. The first-order chi connectivity index (χ1) is 9.67. The summed E-state index contributed by atoms with van der Waals surface area (Å²) in [6.07, 6.45) is 3.67. The molecule has 5 heteroatoms. The van der Waals surface area contributed by atoms with Gasteiger partial charge in [0, 0.05) is 37.2 Å². The van der Waals surface area contributed by atoms with E-state index < -0.39 is 0 Å². The van der Waals surface area contributed by atoms with Crippen molar-refractivity contribution in [2.45, 2.75) is 26.9 Å². The molecule has 0 unspecified atom stereocenters. The largest absolute Gasteiger partial charge is 0.370 e. The standard InChI is InChI=1S/C15H21N5/c1-4-17-14-8-12(2)18-15(19-14)11-20(3)10-13-6-5-7-16-9-13/h5-9H,4,10-11H2,1-3H3,(H,17,18,19). The van der Waals surface area contributed by atoms with Crippen molar-refractivity contribution in [2.24, 2.45) is 0 Å². The van der Waals surface area contributed by atoms with E-state index >= 15 is 0 Å². The summed E-state index contributed by atoms with van der Waals surface area (Å²) in [5.74, 6) is 1.73. The molecule has 2 aromatic heterocycles. The number of aryl methyl sites for hydroxylation is 1. The molecule has 106 valence electrons. The molecule has 2 aromatic rings. The number of aromatic nitrogens is 3. The summed E-state index contributed by atoms with van der Waals surface area (Å²) in [5, 5.41) is 3.23. The molecule has 0 fully saturated rings. The van der Waals surface area contributed by atoms with Crippen molar-refractivity contribution in [1.29, 1.82) is 0 Å². The predicted molar refractivity (Wildman–Crippen MR) is 80.3 cm³/mol. The Morgan fingerprint density at radius 3 is 2.80 bits per heavy atom. The van der Waals surface area contributed by atoms with E-state index in [0.717, 1.165) is 37.0 Å². The Hall–Kier alpha value is -2.01. The van der Waals surface area contributed by atoms with Crippen molar-refractivity contribution in [3.63, 3.8) is 0 Å². The number of pyridine rings is 1. The van der Waals surface area contributed by atoms with Crippen LogP contribution in [0.2, 0.25) is 0 Å². The molecule has 0 bridgehead atoms. The van der Waals surface area contributed by atoms with Crippen LogP contribution in [0.1, 0.15) is 24.0 Å². The summed E-state index contributed by atoms with van der Waals surface area (Å²) in [6, 6.07) is 5.99. The molecule has 2 rings (SSSR count). The molecule has 0 amide bonds. The lowest BCUT2D eigenvalue weighted by molar-refractivity contribution is 0.310. The average Bonchev–Trinajstić information content (AvgIpc) is 2.39. The van der Waals surface area contributed by atoms with Crippen LogP contribution in [-0.4, -0.2) is 33.4 Å². The SMILES string of the molecule is CCNc1cc(C)nc(CN(C)Cc2cccnc2)n1. The fourth-order valence-corrected chi connectivity index (χ4v) is 2.07. The number of hydrogen-bond donors (Lipinski definition) is 1. The fourth-order valence-electron chi connectivity index (χ4n) is 2.07. The lowest BCUT2D eigenvalue weighted by Gasteiger charge is -2.16. The third kappa shape index (κ3) is 4.28. The summed E-state index contributed by atoms with van der Waals surface area (Å²) in [4.78, 5) is 15.3. The predicted octanol–water partition coefficient (Wildman–Crippen LogP) is 2.24. The van der Waals surface area contributed by atoms with Gasteiger partial charge < -0.3 is 5.32 Å². The molecule has 0 radical (unpaired) electrons. The van der Waals surface area contributed by atoms with Gasteiger partial charge in [0.25, 0.3) is 0 Å². The van der Waals surface area contributed by atoms with Gasteiger partial charge in [-0.25, -0.2) is 9.97 Å². The molecule has 0 saturated carbocycles. The van der Waals surface area contributed by atoms with Gasteiger partial charge in [-0.3, -0.25) is 9.88 Å². The Morgan fingerprint density at radius 1 is 1.25 bits per heavy atom. The molecule has 0 spiro atoms. The second-order valence-electron chi connectivity index (χ2n) is 4.87. The Bertz CT molecular complexity index is 541. The molecular formula is C15H21N5. The summed E-state index contributed by atoms with van der Waals surface area (Å²) in [6.45, 7) is 6.47. The van der Waals surface area contributed by atoms with Crippen LogP contribution in [0, 0.1) is 6.92 Å². The van der Waals surface area contributed by atoms with Gasteiger partial charge in [0.05, 0.1) is 6.54 Å². The van der Waals surface area contributed by atoms with Crippen LogP contribution >= 0.6 is 0 Å². The lowest BCUT2D eigenvalue weighted by Crippen LogP contribution is -2.19. The minimum atomic E-state index is 0.717. The number of rotatable bonds is 6. The van der Waals surface area contributed by atoms with Gasteiger partial charge in [-0.05, 0) is 32.5 Å². The van der Waals surface area contributed by atoms with Gasteiger partial charge in [0.1, 0.15) is 11.6 Å². The molecule has 0 atom stereocenters. The highest BCUT2D eigenvalue weighted by atomic mass is 15.1. The van der Waals surface area contributed by atoms with E-state index in [0.29, 0.717) is 0 Å². The summed E-state index contributed by atoms with van der Waals surface area (Å²) in [7, 11) is 2.06. The van der Waals surface area contributed by atoms with E-state index in [4.69, 9.17) is 0 Å². The molecule has 0 saturated heterocycles. The third-order valence-corrected chi connectivity index (χ3v) is 2.85. The van der Waals surface area contributed by atoms with Crippen molar-refractivity contribution < 1.29 is 0 Å². The second-order valence-corrected chi connectivity index (χ2v) is 4.87. The third-order valence-electron chi connectivity index (χ3n) is 2.85. The van der Waals surface area contributed by atoms with Crippen molar-refractivity contribution >= 4 is 5.82 Å². The number of nitrogens with zero attached hydrogens (tertiary/aromatic N) is 4. The lowest BCUT2D eigenvalue weighted by atomic mass is 10.2. The molecule has 0 aliphatic heterocycles. The first-order valence-corrected chi connectivity index (χ1v) is 6.83. The smallest absolute Gasteiger partial charge is 0.144 e. The topological polar surface area (TPSA) is 53.9 Å². The van der Waals surface area contributed by atoms with E-state index in [9.17, 15) is 0 Å². The maximum Gasteiger partial charge on any atom is 0.144 e. The fraction of sp³-hybridized carbons (Fsp3) is 0.400. The van der Waals surface area contributed by atoms with Crippen LogP contribution in [0.4, 0.5) is 5.82 Å². The van der Waals surface area contributed by atoms with E-state index in [2.05, 4.69) is 45.2 Å². The monoisotopic (exact) mass is 271 g/mol. The maximum atomic E-state index is 4.53.